The SMILES string of the molecule is CN=C(NCC(C)N1CCc2ccccc2C1)Nc1ccc(OC)c(OC)c1.I. The zero-order valence-electron chi connectivity index (χ0n) is 17.6. The molecular formula is C22H31IN4O2. The molecule has 1 atom stereocenters. The summed E-state index contributed by atoms with van der Waals surface area (Å²) in [6, 6.07) is 14.8. The Morgan fingerprint density at radius 3 is 2.52 bits per heavy atom. The van der Waals surface area contributed by atoms with Crippen LogP contribution in [-0.4, -0.2) is 51.3 Å². The quantitative estimate of drug-likeness (QED) is 0.352. The van der Waals surface area contributed by atoms with Crippen LogP contribution in [0.25, 0.3) is 0 Å². The van der Waals surface area contributed by atoms with E-state index in [0.717, 1.165) is 37.7 Å². The molecule has 0 amide bonds. The molecule has 2 aromatic rings. The Morgan fingerprint density at radius 2 is 1.83 bits per heavy atom. The number of rotatable bonds is 6. The van der Waals surface area contributed by atoms with E-state index in [1.165, 1.54) is 11.1 Å². The van der Waals surface area contributed by atoms with E-state index in [2.05, 4.69) is 51.7 Å². The zero-order chi connectivity index (χ0) is 19.9. The van der Waals surface area contributed by atoms with Gasteiger partial charge in [-0.3, -0.25) is 9.89 Å². The number of methoxy groups -OCH3 is 2. The summed E-state index contributed by atoms with van der Waals surface area (Å²) < 4.78 is 10.7. The number of aliphatic imine (C=N–C) groups is 1. The molecule has 1 heterocycles. The molecule has 158 valence electrons. The van der Waals surface area contributed by atoms with Crippen LogP contribution in [-0.2, 0) is 13.0 Å². The number of halogens is 1. The summed E-state index contributed by atoms with van der Waals surface area (Å²) >= 11 is 0. The minimum atomic E-state index is 0. The van der Waals surface area contributed by atoms with Crippen LogP contribution < -0.4 is 20.1 Å². The third-order valence-electron chi connectivity index (χ3n) is 5.22. The predicted molar refractivity (Wildman–Crippen MR) is 130 cm³/mol. The lowest BCUT2D eigenvalue weighted by molar-refractivity contribution is 0.191. The smallest absolute Gasteiger partial charge is 0.195 e. The summed E-state index contributed by atoms with van der Waals surface area (Å²) in [5, 5.41) is 6.74. The van der Waals surface area contributed by atoms with E-state index >= 15 is 0 Å². The Bertz CT molecular complexity index is 828. The minimum Gasteiger partial charge on any atom is -0.493 e. The molecule has 0 saturated carbocycles. The molecule has 0 radical (unpaired) electrons. The fourth-order valence-corrected chi connectivity index (χ4v) is 3.50. The normalized spacial score (nSPS) is 15.0. The molecule has 0 saturated heterocycles. The van der Waals surface area contributed by atoms with Crippen molar-refractivity contribution in [2.45, 2.75) is 25.9 Å². The highest BCUT2D eigenvalue weighted by Crippen LogP contribution is 2.29. The molecule has 0 aliphatic carbocycles. The summed E-state index contributed by atoms with van der Waals surface area (Å²) in [6.07, 6.45) is 1.11. The molecule has 0 spiro atoms. The highest BCUT2D eigenvalue weighted by atomic mass is 127. The molecule has 3 rings (SSSR count). The summed E-state index contributed by atoms with van der Waals surface area (Å²) in [6.45, 7) is 5.15. The Labute approximate surface area is 190 Å². The topological polar surface area (TPSA) is 58.1 Å². The van der Waals surface area contributed by atoms with Gasteiger partial charge in [0, 0.05) is 44.5 Å². The molecule has 1 aliphatic heterocycles. The van der Waals surface area contributed by atoms with Gasteiger partial charge in [-0.2, -0.15) is 0 Å². The number of guanidine groups is 1. The number of fused-ring (bicyclic) bond motifs is 1. The number of hydrogen-bond donors (Lipinski definition) is 2. The molecule has 7 heteroatoms. The van der Waals surface area contributed by atoms with Crippen molar-refractivity contribution in [1.29, 1.82) is 0 Å². The van der Waals surface area contributed by atoms with Gasteiger partial charge in [-0.15, -0.1) is 24.0 Å². The Morgan fingerprint density at radius 1 is 1.10 bits per heavy atom. The summed E-state index contributed by atoms with van der Waals surface area (Å²) in [5.41, 5.74) is 3.81. The second-order valence-electron chi connectivity index (χ2n) is 6.99. The Hall–Kier alpha value is -2.00. The van der Waals surface area contributed by atoms with E-state index in [1.807, 2.05) is 18.2 Å². The Kier molecular flexibility index (Phi) is 9.03. The molecule has 0 fully saturated rings. The number of hydrogen-bond acceptors (Lipinski definition) is 4. The maximum absolute atomic E-state index is 5.37. The lowest BCUT2D eigenvalue weighted by Crippen LogP contribution is -2.45. The van der Waals surface area contributed by atoms with Crippen LogP contribution in [0.4, 0.5) is 5.69 Å². The van der Waals surface area contributed by atoms with E-state index in [9.17, 15) is 0 Å². The van der Waals surface area contributed by atoms with Gasteiger partial charge in [0.05, 0.1) is 14.2 Å². The highest BCUT2D eigenvalue weighted by molar-refractivity contribution is 14.0. The average Bonchev–Trinajstić information content (AvgIpc) is 2.75. The number of nitrogens with one attached hydrogen (secondary N) is 2. The van der Waals surface area contributed by atoms with Crippen LogP contribution in [0.2, 0.25) is 0 Å². The molecule has 1 unspecified atom stereocenters. The van der Waals surface area contributed by atoms with Crippen molar-refractivity contribution in [3.05, 3.63) is 53.6 Å². The third kappa shape index (κ3) is 5.99. The first-order valence-electron chi connectivity index (χ1n) is 9.65. The molecular weight excluding hydrogens is 479 g/mol. The average molecular weight is 510 g/mol. The highest BCUT2D eigenvalue weighted by Gasteiger charge is 2.20. The van der Waals surface area contributed by atoms with E-state index < -0.39 is 0 Å². The van der Waals surface area contributed by atoms with Crippen molar-refractivity contribution in [1.82, 2.24) is 10.2 Å². The number of benzene rings is 2. The molecule has 2 N–H and O–H groups in total. The summed E-state index contributed by atoms with van der Waals surface area (Å²) in [4.78, 5) is 6.85. The van der Waals surface area contributed by atoms with Crippen molar-refractivity contribution < 1.29 is 9.47 Å². The predicted octanol–water partition coefficient (Wildman–Crippen LogP) is 3.76. The standard InChI is InChI=1S/C22H30N4O2.HI/c1-16(26-12-11-17-7-5-6-8-18(17)15-26)14-24-22(23-2)25-19-9-10-20(27-3)21(13-19)28-4;/h5-10,13,16H,11-12,14-15H2,1-4H3,(H2,23,24,25);1H. The van der Waals surface area contributed by atoms with Crippen LogP contribution >= 0.6 is 24.0 Å². The Balaban J connectivity index is 0.00000300. The lowest BCUT2D eigenvalue weighted by atomic mass is 9.99. The minimum absolute atomic E-state index is 0. The largest absolute Gasteiger partial charge is 0.493 e. The van der Waals surface area contributed by atoms with E-state index in [1.54, 1.807) is 21.3 Å². The number of ether oxygens (including phenoxy) is 2. The van der Waals surface area contributed by atoms with Gasteiger partial charge in [-0.1, -0.05) is 24.3 Å². The molecule has 6 nitrogen and oxygen atoms in total. The van der Waals surface area contributed by atoms with Gasteiger partial charge < -0.3 is 20.1 Å². The fourth-order valence-electron chi connectivity index (χ4n) is 3.50. The van der Waals surface area contributed by atoms with Crippen LogP contribution in [0, 0.1) is 0 Å². The van der Waals surface area contributed by atoms with E-state index in [4.69, 9.17) is 9.47 Å². The summed E-state index contributed by atoms with van der Waals surface area (Å²) in [7, 11) is 5.04. The molecule has 1 aliphatic rings. The maximum atomic E-state index is 5.37. The van der Waals surface area contributed by atoms with Crippen molar-refractivity contribution in [3.8, 4) is 11.5 Å². The van der Waals surface area contributed by atoms with Crippen LogP contribution in [0.1, 0.15) is 18.1 Å². The van der Waals surface area contributed by atoms with Crippen molar-refractivity contribution in [2.24, 2.45) is 4.99 Å². The second-order valence-corrected chi connectivity index (χ2v) is 6.99. The number of nitrogens with zero attached hydrogens (tertiary/aromatic N) is 2. The zero-order valence-corrected chi connectivity index (χ0v) is 19.9. The second kappa shape index (κ2) is 11.3. The van der Waals surface area contributed by atoms with Gasteiger partial charge in [0.25, 0.3) is 0 Å². The van der Waals surface area contributed by atoms with Gasteiger partial charge in [-0.25, -0.2) is 0 Å². The van der Waals surface area contributed by atoms with Gasteiger partial charge in [-0.05, 0) is 36.6 Å². The van der Waals surface area contributed by atoms with E-state index in [-0.39, 0.29) is 24.0 Å². The lowest BCUT2D eigenvalue weighted by Gasteiger charge is -2.34. The van der Waals surface area contributed by atoms with E-state index in [0.29, 0.717) is 17.5 Å². The fraction of sp³-hybridized carbons (Fsp3) is 0.409. The van der Waals surface area contributed by atoms with Crippen molar-refractivity contribution in [2.75, 3.05) is 39.7 Å². The van der Waals surface area contributed by atoms with Gasteiger partial charge >= 0.3 is 0 Å². The summed E-state index contributed by atoms with van der Waals surface area (Å²) in [5.74, 6) is 2.12. The van der Waals surface area contributed by atoms with Gasteiger partial charge in [0.2, 0.25) is 0 Å². The van der Waals surface area contributed by atoms with Crippen molar-refractivity contribution >= 4 is 35.6 Å². The van der Waals surface area contributed by atoms with Gasteiger partial charge in [0.1, 0.15) is 0 Å². The first kappa shape index (κ1) is 23.3. The third-order valence-corrected chi connectivity index (χ3v) is 5.22. The number of anilines is 1. The first-order valence-corrected chi connectivity index (χ1v) is 9.65. The van der Waals surface area contributed by atoms with Gasteiger partial charge in [0.15, 0.2) is 17.5 Å². The van der Waals surface area contributed by atoms with Crippen LogP contribution in [0.5, 0.6) is 11.5 Å². The van der Waals surface area contributed by atoms with Crippen LogP contribution in [0.3, 0.4) is 0 Å². The molecule has 0 aromatic heterocycles. The first-order chi connectivity index (χ1) is 13.6. The van der Waals surface area contributed by atoms with Crippen molar-refractivity contribution in [3.63, 3.8) is 0 Å². The monoisotopic (exact) mass is 510 g/mol. The maximum Gasteiger partial charge on any atom is 0.195 e. The molecule has 2 aromatic carbocycles. The molecule has 29 heavy (non-hydrogen) atoms. The molecule has 0 bridgehead atoms. The van der Waals surface area contributed by atoms with Crippen LogP contribution in [0.15, 0.2) is 47.5 Å².